The van der Waals surface area contributed by atoms with Crippen LogP contribution in [0.3, 0.4) is 0 Å². The number of hydrogen-bond donors (Lipinski definition) is 6. The summed E-state index contributed by atoms with van der Waals surface area (Å²) in [7, 11) is 0. The maximum absolute atomic E-state index is 12.9. The molecule has 1 saturated heterocycles. The van der Waals surface area contributed by atoms with Gasteiger partial charge in [0.25, 0.3) is 0 Å². The van der Waals surface area contributed by atoms with Crippen molar-refractivity contribution < 1.29 is 39.6 Å². The summed E-state index contributed by atoms with van der Waals surface area (Å²) in [6.45, 7) is 10.5. The zero-order valence-electron chi connectivity index (χ0n) is 26.6. The Kier molecular flexibility index (Phi) is 10.5. The number of amides is 2. The number of carboxylic acids is 3. The molecule has 13 nitrogen and oxygen atoms in total. The molecule has 4 aromatic rings. The summed E-state index contributed by atoms with van der Waals surface area (Å²) in [4.78, 5) is 50.1. The van der Waals surface area contributed by atoms with Crippen LogP contribution < -0.4 is 10.6 Å². The van der Waals surface area contributed by atoms with E-state index in [0.29, 0.717) is 12.5 Å². The highest BCUT2D eigenvalue weighted by Crippen LogP contribution is 2.29. The number of fused-ring (bicyclic) bond motifs is 1. The van der Waals surface area contributed by atoms with Gasteiger partial charge in [-0.2, -0.15) is 0 Å². The Balaban J connectivity index is 0.000000328. The van der Waals surface area contributed by atoms with Crippen LogP contribution >= 0.6 is 0 Å². The van der Waals surface area contributed by atoms with E-state index >= 15 is 0 Å². The first-order valence-corrected chi connectivity index (χ1v) is 15.0. The summed E-state index contributed by atoms with van der Waals surface area (Å²) in [6, 6.07) is 18.7. The number of carbonyl (C=O) groups excluding carboxylic acids is 1. The second-order valence-corrected chi connectivity index (χ2v) is 11.8. The SMILES string of the molecule is Cc1cccc(C)c1CNc1cc(NC(=O)N2CC(c3ccccc3)C2)cn2c(C)c(C)nc12.O=C(O)CC(O)(CC(=O)O)C(=O)O. The van der Waals surface area contributed by atoms with Crippen LogP contribution in [0.25, 0.3) is 5.65 Å². The lowest BCUT2D eigenvalue weighted by molar-refractivity contribution is -0.170. The number of imidazole rings is 1. The molecule has 1 aliphatic rings. The standard InChI is InChI=1S/C28H31N5O.C6H8O7/c1-18-9-8-10-19(2)25(18)14-29-26-13-24(17-33-21(4)20(3)30-27(26)33)31-28(34)32-15-23(16-32)22-11-6-5-7-12-22;7-3(8)1-6(13,5(11)12)2-4(9)10/h5-13,17,23,29H,14-16H2,1-4H3,(H,31,34);13H,1-2H2,(H,7,8)(H,9,10)(H,11,12). The highest BCUT2D eigenvalue weighted by Gasteiger charge is 2.40. The predicted molar refractivity (Wildman–Crippen MR) is 175 cm³/mol. The van der Waals surface area contributed by atoms with Crippen molar-refractivity contribution in [2.24, 2.45) is 0 Å². The second-order valence-electron chi connectivity index (χ2n) is 11.8. The van der Waals surface area contributed by atoms with Crippen molar-refractivity contribution in [1.29, 1.82) is 0 Å². The maximum atomic E-state index is 12.9. The molecule has 1 fully saturated rings. The number of carbonyl (C=O) groups is 4. The van der Waals surface area contributed by atoms with Gasteiger partial charge in [0.1, 0.15) is 0 Å². The van der Waals surface area contributed by atoms with Crippen LogP contribution in [-0.2, 0) is 20.9 Å². The van der Waals surface area contributed by atoms with E-state index in [-0.39, 0.29) is 6.03 Å². The molecule has 248 valence electrons. The topological polar surface area (TPSA) is 194 Å². The molecule has 2 aromatic heterocycles. The number of aliphatic hydroxyl groups is 1. The van der Waals surface area contributed by atoms with Crippen molar-refractivity contribution in [2.75, 3.05) is 23.7 Å². The fourth-order valence-corrected chi connectivity index (χ4v) is 5.38. The Hall–Kier alpha value is -5.43. The molecule has 5 rings (SSSR count). The van der Waals surface area contributed by atoms with Gasteiger partial charge in [-0.25, -0.2) is 14.6 Å². The van der Waals surface area contributed by atoms with E-state index in [9.17, 15) is 19.2 Å². The number of rotatable bonds is 10. The summed E-state index contributed by atoms with van der Waals surface area (Å²) in [5.41, 5.74) is 6.92. The minimum absolute atomic E-state index is 0.0679. The van der Waals surface area contributed by atoms with Gasteiger partial charge < -0.3 is 40.4 Å². The van der Waals surface area contributed by atoms with Gasteiger partial charge in [-0.05, 0) is 56.0 Å². The maximum Gasteiger partial charge on any atom is 0.336 e. The average molecular weight is 646 g/mol. The van der Waals surface area contributed by atoms with Gasteiger partial charge in [0.2, 0.25) is 0 Å². The van der Waals surface area contributed by atoms with Gasteiger partial charge in [0.15, 0.2) is 11.2 Å². The molecule has 0 aliphatic carbocycles. The number of aromatic nitrogens is 2. The molecule has 2 amide bonds. The Morgan fingerprint density at radius 3 is 2.04 bits per heavy atom. The second kappa shape index (κ2) is 14.3. The van der Waals surface area contributed by atoms with E-state index in [2.05, 4.69) is 78.3 Å². The molecular weight excluding hydrogens is 606 g/mol. The van der Waals surface area contributed by atoms with Gasteiger partial charge in [-0.1, -0.05) is 48.5 Å². The molecule has 6 N–H and O–H groups in total. The molecular formula is C34H39N5O8. The van der Waals surface area contributed by atoms with E-state index in [1.54, 1.807) is 0 Å². The van der Waals surface area contributed by atoms with Gasteiger partial charge in [-0.15, -0.1) is 0 Å². The van der Waals surface area contributed by atoms with Crippen LogP contribution in [0.5, 0.6) is 0 Å². The highest BCUT2D eigenvalue weighted by atomic mass is 16.4. The van der Waals surface area contributed by atoms with Crippen molar-refractivity contribution in [2.45, 2.75) is 58.6 Å². The summed E-state index contributed by atoms with van der Waals surface area (Å²) in [6.07, 6.45) is -0.329. The largest absolute Gasteiger partial charge is 0.481 e. The number of nitrogens with zero attached hydrogens (tertiary/aromatic N) is 3. The third kappa shape index (κ3) is 8.24. The number of carboxylic acid groups (broad SMARTS) is 3. The van der Waals surface area contributed by atoms with Crippen molar-refractivity contribution in [1.82, 2.24) is 14.3 Å². The molecule has 13 heteroatoms. The molecule has 1 aliphatic heterocycles. The van der Waals surface area contributed by atoms with Crippen LogP contribution in [0.4, 0.5) is 16.2 Å². The highest BCUT2D eigenvalue weighted by molar-refractivity contribution is 5.91. The minimum atomic E-state index is -2.74. The molecule has 0 unspecified atom stereocenters. The molecule has 47 heavy (non-hydrogen) atoms. The number of likely N-dealkylation sites (tertiary alicyclic amines) is 1. The first-order chi connectivity index (χ1) is 22.2. The minimum Gasteiger partial charge on any atom is -0.481 e. The van der Waals surface area contributed by atoms with E-state index in [1.807, 2.05) is 30.2 Å². The van der Waals surface area contributed by atoms with Crippen molar-refractivity contribution in [3.05, 3.63) is 94.4 Å². The molecule has 0 atom stereocenters. The molecule has 0 spiro atoms. The van der Waals surface area contributed by atoms with Gasteiger partial charge >= 0.3 is 23.9 Å². The summed E-state index contributed by atoms with van der Waals surface area (Å²) in [5, 5.41) is 40.5. The molecule has 0 bridgehead atoms. The summed E-state index contributed by atoms with van der Waals surface area (Å²) < 4.78 is 2.06. The molecule has 0 saturated carbocycles. The Morgan fingerprint density at radius 2 is 1.49 bits per heavy atom. The van der Waals surface area contributed by atoms with E-state index in [1.165, 1.54) is 22.3 Å². The fraction of sp³-hybridized carbons (Fsp3) is 0.324. The third-order valence-corrected chi connectivity index (χ3v) is 8.27. The number of nitrogens with one attached hydrogen (secondary N) is 2. The predicted octanol–water partition coefficient (Wildman–Crippen LogP) is 4.56. The lowest BCUT2D eigenvalue weighted by atomic mass is 9.92. The monoisotopic (exact) mass is 645 g/mol. The average Bonchev–Trinajstić information content (AvgIpc) is 3.25. The van der Waals surface area contributed by atoms with Crippen LogP contribution in [-0.4, -0.2) is 77.3 Å². The number of urea groups is 1. The summed E-state index contributed by atoms with van der Waals surface area (Å²) in [5.74, 6) is -4.61. The summed E-state index contributed by atoms with van der Waals surface area (Å²) >= 11 is 0. The molecule has 0 radical (unpaired) electrons. The first-order valence-electron chi connectivity index (χ1n) is 15.0. The van der Waals surface area contributed by atoms with Gasteiger partial charge in [0, 0.05) is 37.4 Å². The van der Waals surface area contributed by atoms with Gasteiger partial charge in [0.05, 0.1) is 29.9 Å². The van der Waals surface area contributed by atoms with Crippen molar-refractivity contribution in [3.8, 4) is 0 Å². The first kappa shape index (κ1) is 34.4. The number of anilines is 2. The number of aliphatic carboxylic acids is 3. The van der Waals surface area contributed by atoms with Crippen LogP contribution in [0, 0.1) is 27.7 Å². The van der Waals surface area contributed by atoms with Crippen LogP contribution in [0.1, 0.15) is 52.4 Å². The number of pyridine rings is 1. The molecule has 2 aromatic carbocycles. The Labute approximate surface area is 271 Å². The van der Waals surface area contributed by atoms with Crippen LogP contribution in [0.15, 0.2) is 60.8 Å². The van der Waals surface area contributed by atoms with Crippen molar-refractivity contribution in [3.63, 3.8) is 0 Å². The lowest BCUT2D eigenvalue weighted by Crippen LogP contribution is -2.50. The van der Waals surface area contributed by atoms with Crippen LogP contribution in [0.2, 0.25) is 0 Å². The normalized spacial score (nSPS) is 12.9. The zero-order chi connectivity index (χ0) is 34.5. The lowest BCUT2D eigenvalue weighted by Gasteiger charge is -2.39. The number of hydrogen-bond acceptors (Lipinski definition) is 7. The van der Waals surface area contributed by atoms with E-state index in [4.69, 9.17) is 25.4 Å². The Bertz CT molecular complexity index is 1760. The van der Waals surface area contributed by atoms with E-state index < -0.39 is 36.4 Å². The smallest absolute Gasteiger partial charge is 0.336 e. The fourth-order valence-electron chi connectivity index (χ4n) is 5.38. The number of aryl methyl sites for hydroxylation is 4. The van der Waals surface area contributed by atoms with E-state index in [0.717, 1.165) is 41.5 Å². The van der Waals surface area contributed by atoms with Gasteiger partial charge in [-0.3, -0.25) is 9.59 Å². The third-order valence-electron chi connectivity index (χ3n) is 8.27. The molecule has 3 heterocycles. The number of benzene rings is 2. The zero-order valence-corrected chi connectivity index (χ0v) is 26.6. The van der Waals surface area contributed by atoms with Crippen molar-refractivity contribution >= 4 is 41.0 Å². The Morgan fingerprint density at radius 1 is 0.894 bits per heavy atom. The quantitative estimate of drug-likeness (QED) is 0.142.